The molecule has 1 aliphatic heterocycles. The largest absolute Gasteiger partial charge is 0.598 e. The third-order valence-corrected chi connectivity index (χ3v) is 8.49. The molecule has 33 heavy (non-hydrogen) atoms. The summed E-state index contributed by atoms with van der Waals surface area (Å²) in [6, 6.07) is 11.3. The second-order valence-corrected chi connectivity index (χ2v) is 11.3. The number of benzene rings is 1. The molecule has 6 rings (SSSR count). The second kappa shape index (κ2) is 8.32. The zero-order chi connectivity index (χ0) is 23.4. The highest BCUT2D eigenvalue weighted by atomic mass is 32.2. The van der Waals surface area contributed by atoms with Gasteiger partial charge in [0.25, 0.3) is 5.92 Å². The number of likely N-dealkylation sites (tertiary alicyclic amines) is 1. The van der Waals surface area contributed by atoms with Crippen molar-refractivity contribution < 1.29 is 18.1 Å². The number of rotatable bonds is 7. The molecule has 2 heterocycles. The molecular weight excluding hydrogens is 444 g/mol. The predicted molar refractivity (Wildman–Crippen MR) is 124 cm³/mol. The molecule has 3 atom stereocenters. The fourth-order valence-corrected chi connectivity index (χ4v) is 6.37. The fourth-order valence-electron chi connectivity index (χ4n) is 5.59. The van der Waals surface area contributed by atoms with Crippen LogP contribution in [0, 0.1) is 18.3 Å². The van der Waals surface area contributed by atoms with Gasteiger partial charge in [-0.25, -0.2) is 8.78 Å². The molecule has 1 saturated heterocycles. The van der Waals surface area contributed by atoms with Crippen molar-refractivity contribution in [3.8, 4) is 11.3 Å². The highest BCUT2D eigenvalue weighted by Crippen LogP contribution is 2.65. The molecule has 1 N–H and O–H groups in total. The molecule has 1 unspecified atom stereocenters. The van der Waals surface area contributed by atoms with E-state index < -0.39 is 41.3 Å². The minimum Gasteiger partial charge on any atom is -0.598 e. The molecule has 4 aliphatic rings. The first-order chi connectivity index (χ1) is 15.7. The molecule has 0 radical (unpaired) electrons. The average Bonchev–Trinajstić information content (AvgIpc) is 2.96. The van der Waals surface area contributed by atoms with Crippen molar-refractivity contribution in [2.45, 2.75) is 57.5 Å². The van der Waals surface area contributed by atoms with Crippen LogP contribution in [0.1, 0.15) is 37.4 Å². The molecule has 1 aromatic carbocycles. The van der Waals surface area contributed by atoms with Gasteiger partial charge in [0.2, 0.25) is 5.91 Å². The topological polar surface area (TPSA) is 68.3 Å². The molecule has 2 bridgehead atoms. The Morgan fingerprint density at radius 3 is 2.61 bits per heavy atom. The lowest BCUT2D eigenvalue weighted by molar-refractivity contribution is -0.178. The molecule has 2 aromatic rings. The Morgan fingerprint density at radius 2 is 1.97 bits per heavy atom. The summed E-state index contributed by atoms with van der Waals surface area (Å²) >= 11 is -1.58. The lowest BCUT2D eigenvalue weighted by atomic mass is 9.44. The fraction of sp³-hybridized carbons (Fsp3) is 0.520. The van der Waals surface area contributed by atoms with E-state index in [1.807, 2.05) is 49.4 Å². The van der Waals surface area contributed by atoms with Crippen molar-refractivity contribution in [2.75, 3.05) is 12.3 Å². The van der Waals surface area contributed by atoms with Crippen molar-refractivity contribution in [2.24, 2.45) is 11.3 Å². The van der Waals surface area contributed by atoms with Gasteiger partial charge in [-0.2, -0.15) is 0 Å². The van der Waals surface area contributed by atoms with Gasteiger partial charge in [0, 0.05) is 22.6 Å². The van der Waals surface area contributed by atoms with Crippen LogP contribution in [0.15, 0.2) is 42.5 Å². The van der Waals surface area contributed by atoms with Crippen LogP contribution < -0.4 is 4.72 Å². The van der Waals surface area contributed by atoms with Crippen molar-refractivity contribution >= 4 is 17.3 Å². The number of aromatic nitrogens is 1. The van der Waals surface area contributed by atoms with Gasteiger partial charge in [-0.3, -0.25) is 9.78 Å². The third-order valence-electron chi connectivity index (χ3n) is 7.45. The van der Waals surface area contributed by atoms with Gasteiger partial charge < -0.3 is 9.45 Å². The highest BCUT2D eigenvalue weighted by molar-refractivity contribution is 7.89. The summed E-state index contributed by atoms with van der Waals surface area (Å²) in [7, 11) is 0. The molecule has 4 fully saturated rings. The summed E-state index contributed by atoms with van der Waals surface area (Å²) in [4.78, 5) is 19.3. The van der Waals surface area contributed by atoms with Crippen LogP contribution in [0.25, 0.3) is 11.3 Å². The number of nitrogens with one attached hydrogen (secondary N) is 1. The number of carbonyl (C=O) groups is 1. The van der Waals surface area contributed by atoms with E-state index >= 15 is 8.78 Å². The Balaban J connectivity index is 1.45. The number of pyridine rings is 1. The van der Waals surface area contributed by atoms with Gasteiger partial charge >= 0.3 is 0 Å². The Hall–Kier alpha value is -2.03. The summed E-state index contributed by atoms with van der Waals surface area (Å²) in [6.45, 7) is 2.99. The number of alkyl halides is 2. The second-order valence-electron chi connectivity index (χ2n) is 9.82. The molecular formula is C25H29F2N3O2S. The van der Waals surface area contributed by atoms with Gasteiger partial charge in [0.05, 0.1) is 23.7 Å². The maximum absolute atomic E-state index is 15.2. The third kappa shape index (κ3) is 4.06. The summed E-state index contributed by atoms with van der Waals surface area (Å²) in [5, 5.41) is 0. The average molecular weight is 474 g/mol. The number of amides is 1. The lowest BCUT2D eigenvalue weighted by Crippen LogP contribution is -2.62. The zero-order valence-corrected chi connectivity index (χ0v) is 19.7. The quantitative estimate of drug-likeness (QED) is 0.620. The van der Waals surface area contributed by atoms with Gasteiger partial charge in [-0.05, 0) is 69.2 Å². The molecule has 0 spiro atoms. The Labute approximate surface area is 196 Å². The van der Waals surface area contributed by atoms with E-state index in [4.69, 9.17) is 0 Å². The van der Waals surface area contributed by atoms with Crippen LogP contribution in [0.2, 0.25) is 0 Å². The highest BCUT2D eigenvalue weighted by Gasteiger charge is 2.66. The predicted octanol–water partition coefficient (Wildman–Crippen LogP) is 3.89. The van der Waals surface area contributed by atoms with Gasteiger partial charge in [0.1, 0.15) is 11.8 Å². The first-order valence-electron chi connectivity index (χ1n) is 11.6. The molecule has 1 amide bonds. The Morgan fingerprint density at radius 1 is 1.24 bits per heavy atom. The van der Waals surface area contributed by atoms with Crippen LogP contribution >= 0.6 is 0 Å². The molecule has 5 nitrogen and oxygen atoms in total. The molecule has 3 saturated carbocycles. The Bertz CT molecular complexity index is 1050. The van der Waals surface area contributed by atoms with Crippen molar-refractivity contribution in [3.63, 3.8) is 0 Å². The van der Waals surface area contributed by atoms with Crippen LogP contribution in [-0.2, 0) is 22.6 Å². The van der Waals surface area contributed by atoms with Crippen molar-refractivity contribution in [1.82, 2.24) is 14.6 Å². The van der Waals surface area contributed by atoms with Crippen molar-refractivity contribution in [1.29, 1.82) is 0 Å². The van der Waals surface area contributed by atoms with Crippen LogP contribution in [-0.4, -0.2) is 50.6 Å². The Kier molecular flexibility index (Phi) is 5.74. The maximum Gasteiger partial charge on any atom is 0.286 e. The van der Waals surface area contributed by atoms with E-state index in [1.54, 1.807) is 6.92 Å². The molecule has 1 aromatic heterocycles. The lowest BCUT2D eigenvalue weighted by Gasteiger charge is -2.61. The molecule has 8 heteroatoms. The summed E-state index contributed by atoms with van der Waals surface area (Å²) in [6.07, 6.45) is 2.70. The van der Waals surface area contributed by atoms with E-state index in [-0.39, 0.29) is 18.1 Å². The number of halogens is 2. The number of aryl methyl sites for hydroxylation is 1. The van der Waals surface area contributed by atoms with E-state index in [1.165, 1.54) is 4.90 Å². The van der Waals surface area contributed by atoms with Crippen LogP contribution in [0.4, 0.5) is 8.78 Å². The SMILES string of the molecule is CC[S+]([O-])N[C@@H]1[C@H](Cc2cccc(-c3cccc(C)n3)c2)N(C(=O)C23CC(C2)C3)CC1(F)F. The summed E-state index contributed by atoms with van der Waals surface area (Å²) in [5.74, 6) is -2.49. The molecule has 176 valence electrons. The summed E-state index contributed by atoms with van der Waals surface area (Å²) in [5.41, 5.74) is 3.03. The minimum atomic E-state index is -3.15. The minimum absolute atomic E-state index is 0.155. The number of carbonyl (C=O) groups excluding carboxylic acids is 1. The zero-order valence-electron chi connectivity index (χ0n) is 18.9. The van der Waals surface area contributed by atoms with E-state index in [2.05, 4.69) is 9.71 Å². The van der Waals surface area contributed by atoms with Gasteiger partial charge in [0.15, 0.2) is 0 Å². The standard InChI is InChI=1S/C25H29F2N3O2S/c1-3-33(32)29-22-21(30(15-25(22,26)27)23(31)24-12-18(13-24)14-24)11-17-7-5-8-19(10-17)20-9-4-6-16(2)28-20/h4-10,18,21-22,29H,3,11-15H2,1-2H3/t18?,21-,22+,24?,33?/m0/s1. The summed E-state index contributed by atoms with van der Waals surface area (Å²) < 4.78 is 45.2. The monoisotopic (exact) mass is 473 g/mol. The van der Waals surface area contributed by atoms with Crippen molar-refractivity contribution in [3.05, 3.63) is 53.7 Å². The van der Waals surface area contributed by atoms with Crippen LogP contribution in [0.3, 0.4) is 0 Å². The number of hydrogen-bond donors (Lipinski definition) is 1. The first kappa shape index (κ1) is 22.7. The van der Waals surface area contributed by atoms with E-state index in [0.29, 0.717) is 5.92 Å². The number of nitrogens with zero attached hydrogens (tertiary/aromatic N) is 2. The first-order valence-corrected chi connectivity index (χ1v) is 12.9. The maximum atomic E-state index is 15.2. The van der Waals surface area contributed by atoms with Gasteiger partial charge in [-0.15, -0.1) is 4.72 Å². The van der Waals surface area contributed by atoms with Gasteiger partial charge in [-0.1, -0.05) is 24.3 Å². The smallest absolute Gasteiger partial charge is 0.286 e. The van der Waals surface area contributed by atoms with E-state index in [0.717, 1.165) is 41.8 Å². The van der Waals surface area contributed by atoms with Crippen LogP contribution in [0.5, 0.6) is 0 Å². The molecule has 3 aliphatic carbocycles. The number of hydrogen-bond acceptors (Lipinski definition) is 4. The normalized spacial score (nSPS) is 30.5. The van der Waals surface area contributed by atoms with E-state index in [9.17, 15) is 9.35 Å².